The monoisotopic (exact) mass is 241 g/mol. The van der Waals surface area contributed by atoms with E-state index in [4.69, 9.17) is 16.7 Å². The molecular formula is C13H20ClNO. The van der Waals surface area contributed by atoms with Crippen molar-refractivity contribution in [3.05, 3.63) is 28.8 Å². The van der Waals surface area contributed by atoms with Crippen molar-refractivity contribution in [1.82, 2.24) is 0 Å². The van der Waals surface area contributed by atoms with Crippen molar-refractivity contribution >= 4 is 17.3 Å². The molecule has 0 aliphatic heterocycles. The maximum atomic E-state index is 9.03. The number of aliphatic hydroxyl groups is 1. The summed E-state index contributed by atoms with van der Waals surface area (Å²) in [5.41, 5.74) is 1.88. The van der Waals surface area contributed by atoms with Crippen molar-refractivity contribution in [2.75, 3.05) is 18.5 Å². The van der Waals surface area contributed by atoms with Crippen LogP contribution < -0.4 is 4.90 Å². The van der Waals surface area contributed by atoms with Crippen LogP contribution in [0, 0.1) is 5.92 Å². The molecule has 2 nitrogen and oxygen atoms in total. The molecule has 0 saturated heterocycles. The second kappa shape index (κ2) is 6.12. The fourth-order valence-corrected chi connectivity index (χ4v) is 1.84. The zero-order chi connectivity index (χ0) is 12.1. The summed E-state index contributed by atoms with van der Waals surface area (Å²) in [6.07, 6.45) is 1.17. The van der Waals surface area contributed by atoms with E-state index < -0.39 is 0 Å². The number of hydrogen-bond donors (Lipinski definition) is 1. The Bertz CT molecular complexity index is 341. The molecule has 1 aromatic carbocycles. The summed E-state index contributed by atoms with van der Waals surface area (Å²) in [7, 11) is 2.07. The lowest BCUT2D eigenvalue weighted by atomic mass is 10.1. The van der Waals surface area contributed by atoms with E-state index >= 15 is 0 Å². The van der Waals surface area contributed by atoms with Crippen LogP contribution in [0.4, 0.5) is 5.69 Å². The molecule has 1 rings (SSSR count). The van der Waals surface area contributed by atoms with Crippen molar-refractivity contribution in [2.45, 2.75) is 26.9 Å². The van der Waals surface area contributed by atoms with Crippen molar-refractivity contribution in [2.24, 2.45) is 5.92 Å². The average Bonchev–Trinajstić information content (AvgIpc) is 2.28. The van der Waals surface area contributed by atoms with Gasteiger partial charge in [0.25, 0.3) is 0 Å². The summed E-state index contributed by atoms with van der Waals surface area (Å²) in [6, 6.07) is 5.79. The highest BCUT2D eigenvalue weighted by Gasteiger charge is 2.07. The predicted octanol–water partition coefficient (Wildman–Crippen LogP) is 3.31. The van der Waals surface area contributed by atoms with Crippen molar-refractivity contribution in [3.8, 4) is 0 Å². The summed E-state index contributed by atoms with van der Waals surface area (Å²) in [6.45, 7) is 5.44. The zero-order valence-corrected chi connectivity index (χ0v) is 11.0. The Morgan fingerprint density at radius 2 is 2.12 bits per heavy atom. The first-order valence-electron chi connectivity index (χ1n) is 5.68. The van der Waals surface area contributed by atoms with Gasteiger partial charge in [-0.05, 0) is 23.6 Å². The molecule has 0 aromatic heterocycles. The molecule has 90 valence electrons. The van der Waals surface area contributed by atoms with Crippen LogP contribution in [0.1, 0.15) is 25.8 Å². The molecule has 0 amide bonds. The van der Waals surface area contributed by atoms with Gasteiger partial charge < -0.3 is 10.0 Å². The molecule has 1 atom stereocenters. The number of halogens is 1. The maximum absolute atomic E-state index is 9.03. The molecule has 0 heterocycles. The lowest BCUT2D eigenvalue weighted by Crippen LogP contribution is -2.23. The summed E-state index contributed by atoms with van der Waals surface area (Å²) in [5.74, 6) is 0.668. The van der Waals surface area contributed by atoms with Gasteiger partial charge in [-0.15, -0.1) is 0 Å². The van der Waals surface area contributed by atoms with Gasteiger partial charge in [0.2, 0.25) is 0 Å². The van der Waals surface area contributed by atoms with Crippen LogP contribution in [0.3, 0.4) is 0 Å². The van der Waals surface area contributed by atoms with E-state index in [0.29, 0.717) is 10.9 Å². The van der Waals surface area contributed by atoms with Crippen LogP contribution in [-0.2, 0) is 6.61 Å². The number of rotatable bonds is 5. The molecule has 0 saturated carbocycles. The van der Waals surface area contributed by atoms with Crippen molar-refractivity contribution < 1.29 is 5.11 Å². The van der Waals surface area contributed by atoms with Crippen LogP contribution >= 0.6 is 11.6 Å². The van der Waals surface area contributed by atoms with E-state index in [0.717, 1.165) is 17.8 Å². The predicted molar refractivity (Wildman–Crippen MR) is 70.1 cm³/mol. The summed E-state index contributed by atoms with van der Waals surface area (Å²) >= 11 is 6.06. The van der Waals surface area contributed by atoms with Gasteiger partial charge in [-0.2, -0.15) is 0 Å². The van der Waals surface area contributed by atoms with Gasteiger partial charge in [0, 0.05) is 24.3 Å². The Morgan fingerprint density at radius 1 is 1.44 bits per heavy atom. The highest BCUT2D eigenvalue weighted by atomic mass is 35.5. The van der Waals surface area contributed by atoms with Gasteiger partial charge in [-0.25, -0.2) is 0 Å². The maximum Gasteiger partial charge on any atom is 0.0696 e. The number of anilines is 1. The molecular weight excluding hydrogens is 222 g/mol. The topological polar surface area (TPSA) is 23.5 Å². The highest BCUT2D eigenvalue weighted by molar-refractivity contribution is 6.31. The van der Waals surface area contributed by atoms with Gasteiger partial charge in [0.15, 0.2) is 0 Å². The Kier molecular flexibility index (Phi) is 5.10. The third-order valence-electron chi connectivity index (χ3n) is 2.93. The van der Waals surface area contributed by atoms with E-state index in [-0.39, 0.29) is 6.61 Å². The van der Waals surface area contributed by atoms with Crippen LogP contribution in [-0.4, -0.2) is 18.7 Å². The Morgan fingerprint density at radius 3 is 2.62 bits per heavy atom. The molecule has 0 bridgehead atoms. The Hall–Kier alpha value is -0.730. The standard InChI is InChI=1S/C13H20ClNO/c1-4-10(2)8-15(3)12-6-5-11(9-16)13(14)7-12/h5-7,10,16H,4,8-9H2,1-3H3. The molecule has 0 aliphatic carbocycles. The first kappa shape index (κ1) is 13.3. The second-order valence-electron chi connectivity index (χ2n) is 4.33. The highest BCUT2D eigenvalue weighted by Crippen LogP contribution is 2.23. The summed E-state index contributed by atoms with van der Waals surface area (Å²) in [4.78, 5) is 2.20. The minimum absolute atomic E-state index is 0.00576. The van der Waals surface area contributed by atoms with E-state index in [1.54, 1.807) is 0 Å². The van der Waals surface area contributed by atoms with Gasteiger partial charge in [0.05, 0.1) is 6.61 Å². The van der Waals surface area contributed by atoms with Crippen molar-refractivity contribution in [3.63, 3.8) is 0 Å². The number of nitrogens with zero attached hydrogens (tertiary/aromatic N) is 1. The van der Waals surface area contributed by atoms with Crippen LogP contribution in [0.15, 0.2) is 18.2 Å². The molecule has 3 heteroatoms. The van der Waals surface area contributed by atoms with Gasteiger partial charge in [-0.3, -0.25) is 0 Å². The normalized spacial score (nSPS) is 12.6. The summed E-state index contributed by atoms with van der Waals surface area (Å²) in [5, 5.41) is 9.67. The van der Waals surface area contributed by atoms with E-state index in [1.807, 2.05) is 18.2 Å². The zero-order valence-electron chi connectivity index (χ0n) is 10.2. The minimum Gasteiger partial charge on any atom is -0.392 e. The van der Waals surface area contributed by atoms with E-state index in [2.05, 4.69) is 25.8 Å². The lowest BCUT2D eigenvalue weighted by molar-refractivity contribution is 0.282. The van der Waals surface area contributed by atoms with Crippen LogP contribution in [0.5, 0.6) is 0 Å². The SMILES string of the molecule is CCC(C)CN(C)c1ccc(CO)c(Cl)c1. The molecule has 1 aromatic rings. The molecule has 1 unspecified atom stereocenters. The lowest BCUT2D eigenvalue weighted by Gasteiger charge is -2.23. The third kappa shape index (κ3) is 3.39. The smallest absolute Gasteiger partial charge is 0.0696 e. The number of benzene rings is 1. The Labute approximate surface area is 103 Å². The fraction of sp³-hybridized carbons (Fsp3) is 0.538. The number of aliphatic hydroxyl groups excluding tert-OH is 1. The Balaban J connectivity index is 2.76. The molecule has 1 N–H and O–H groups in total. The first-order valence-corrected chi connectivity index (χ1v) is 6.06. The summed E-state index contributed by atoms with van der Waals surface area (Å²) < 4.78 is 0. The molecule has 0 aliphatic rings. The van der Waals surface area contributed by atoms with Gasteiger partial charge in [0.1, 0.15) is 0 Å². The van der Waals surface area contributed by atoms with Gasteiger partial charge >= 0.3 is 0 Å². The fourth-order valence-electron chi connectivity index (χ4n) is 1.60. The average molecular weight is 242 g/mol. The quantitative estimate of drug-likeness (QED) is 0.855. The molecule has 16 heavy (non-hydrogen) atoms. The first-order chi connectivity index (χ1) is 7.58. The molecule has 0 radical (unpaired) electrons. The van der Waals surface area contributed by atoms with Crippen LogP contribution in [0.2, 0.25) is 5.02 Å². The third-order valence-corrected chi connectivity index (χ3v) is 3.28. The van der Waals surface area contributed by atoms with E-state index in [9.17, 15) is 0 Å². The van der Waals surface area contributed by atoms with E-state index in [1.165, 1.54) is 6.42 Å². The largest absolute Gasteiger partial charge is 0.392 e. The van der Waals surface area contributed by atoms with Gasteiger partial charge in [-0.1, -0.05) is 37.9 Å². The van der Waals surface area contributed by atoms with Crippen LogP contribution in [0.25, 0.3) is 0 Å². The number of hydrogen-bond acceptors (Lipinski definition) is 2. The minimum atomic E-state index is -0.00576. The molecule has 0 spiro atoms. The molecule has 0 fully saturated rings. The van der Waals surface area contributed by atoms with Crippen molar-refractivity contribution in [1.29, 1.82) is 0 Å². The second-order valence-corrected chi connectivity index (χ2v) is 4.73.